The van der Waals surface area contributed by atoms with Crippen molar-refractivity contribution in [3.05, 3.63) is 102 Å². The van der Waals surface area contributed by atoms with E-state index in [1.807, 2.05) is 37.3 Å². The number of oxazole rings is 1. The van der Waals surface area contributed by atoms with E-state index < -0.39 is 0 Å². The Balaban J connectivity index is 1.06. The fourth-order valence-electron chi connectivity index (χ4n) is 4.00. The molecule has 36 heavy (non-hydrogen) atoms. The molecule has 0 saturated carbocycles. The summed E-state index contributed by atoms with van der Waals surface area (Å²) in [6.45, 7) is 3.77. The van der Waals surface area contributed by atoms with Crippen molar-refractivity contribution in [1.29, 1.82) is 0 Å². The zero-order valence-electron chi connectivity index (χ0n) is 20.1. The van der Waals surface area contributed by atoms with E-state index in [0.717, 1.165) is 46.6 Å². The number of aromatic nitrogens is 4. The van der Waals surface area contributed by atoms with Crippen LogP contribution in [0.2, 0.25) is 0 Å². The molecule has 1 amide bonds. The molecular formula is C28H28N6O2. The van der Waals surface area contributed by atoms with Crippen LogP contribution in [0.25, 0.3) is 22.2 Å². The number of fused-ring (bicyclic) bond motifs is 1. The SMILES string of the molecule is Cc1cccnc1CNC(=O)c1coc(CCNCCc2nc3cc(-c4ccccc4)ccc3[nH]2)n1. The van der Waals surface area contributed by atoms with Crippen LogP contribution in [-0.4, -0.2) is 38.9 Å². The molecule has 0 fully saturated rings. The fraction of sp³-hybridized carbons (Fsp3) is 0.214. The molecule has 3 N–H and O–H groups in total. The molecule has 3 aromatic heterocycles. The number of imidazole rings is 1. The summed E-state index contributed by atoms with van der Waals surface area (Å²) in [5.41, 5.74) is 6.48. The average molecular weight is 481 g/mol. The molecule has 0 aliphatic carbocycles. The summed E-state index contributed by atoms with van der Waals surface area (Å²) in [6, 6.07) is 20.5. The lowest BCUT2D eigenvalue weighted by Crippen LogP contribution is -2.24. The second-order valence-electron chi connectivity index (χ2n) is 8.61. The summed E-state index contributed by atoms with van der Waals surface area (Å²) < 4.78 is 5.47. The van der Waals surface area contributed by atoms with Gasteiger partial charge in [-0.3, -0.25) is 9.78 Å². The van der Waals surface area contributed by atoms with Gasteiger partial charge in [0.1, 0.15) is 12.1 Å². The van der Waals surface area contributed by atoms with Gasteiger partial charge in [-0.1, -0.05) is 42.5 Å². The summed E-state index contributed by atoms with van der Waals surface area (Å²) in [5.74, 6) is 1.20. The number of amides is 1. The maximum Gasteiger partial charge on any atom is 0.273 e. The number of hydrogen-bond acceptors (Lipinski definition) is 6. The van der Waals surface area contributed by atoms with Gasteiger partial charge in [0.2, 0.25) is 0 Å². The Morgan fingerprint density at radius 3 is 2.69 bits per heavy atom. The van der Waals surface area contributed by atoms with Gasteiger partial charge in [-0.15, -0.1) is 0 Å². The Hall–Kier alpha value is -4.30. The van der Waals surface area contributed by atoms with Crippen LogP contribution in [0.1, 0.15) is 33.5 Å². The predicted octanol–water partition coefficient (Wildman–Crippen LogP) is 4.23. The maximum absolute atomic E-state index is 12.4. The van der Waals surface area contributed by atoms with E-state index in [2.05, 4.69) is 55.9 Å². The molecule has 3 heterocycles. The highest BCUT2D eigenvalue weighted by molar-refractivity contribution is 5.91. The Labute approximate surface area is 209 Å². The molecule has 5 rings (SSSR count). The first-order valence-corrected chi connectivity index (χ1v) is 12.0. The topological polar surface area (TPSA) is 109 Å². The van der Waals surface area contributed by atoms with Crippen molar-refractivity contribution in [2.75, 3.05) is 13.1 Å². The van der Waals surface area contributed by atoms with Crippen molar-refractivity contribution in [3.8, 4) is 11.1 Å². The lowest BCUT2D eigenvalue weighted by atomic mass is 10.1. The van der Waals surface area contributed by atoms with Gasteiger partial charge < -0.3 is 20.0 Å². The van der Waals surface area contributed by atoms with Gasteiger partial charge in [-0.25, -0.2) is 9.97 Å². The van der Waals surface area contributed by atoms with E-state index in [1.54, 1.807) is 6.20 Å². The molecule has 0 aliphatic heterocycles. The summed E-state index contributed by atoms with van der Waals surface area (Å²) in [5, 5.41) is 6.22. The second kappa shape index (κ2) is 11.0. The molecule has 0 spiro atoms. The molecule has 8 heteroatoms. The van der Waals surface area contributed by atoms with Crippen LogP contribution < -0.4 is 10.6 Å². The standard InChI is InChI=1S/C28H28N6O2/c1-19-6-5-13-30-24(19)17-31-28(35)25-18-36-27(34-25)12-15-29-14-11-26-32-22-10-9-21(16-23(22)33-26)20-7-3-2-4-8-20/h2-10,13,16,18,29H,11-12,14-15,17H2,1H3,(H,31,35)(H,32,33). The third-order valence-electron chi connectivity index (χ3n) is 6.01. The number of rotatable bonds is 10. The van der Waals surface area contributed by atoms with Crippen molar-refractivity contribution in [1.82, 2.24) is 30.6 Å². The van der Waals surface area contributed by atoms with Crippen LogP contribution in [0.3, 0.4) is 0 Å². The minimum absolute atomic E-state index is 0.274. The highest BCUT2D eigenvalue weighted by atomic mass is 16.3. The molecule has 0 bridgehead atoms. The average Bonchev–Trinajstić information content (AvgIpc) is 3.55. The van der Waals surface area contributed by atoms with Crippen LogP contribution in [0.15, 0.2) is 77.5 Å². The Morgan fingerprint density at radius 1 is 0.972 bits per heavy atom. The number of aryl methyl sites for hydroxylation is 1. The van der Waals surface area contributed by atoms with Gasteiger partial charge in [0, 0.05) is 32.1 Å². The third kappa shape index (κ3) is 5.67. The van der Waals surface area contributed by atoms with Crippen molar-refractivity contribution >= 4 is 16.9 Å². The quantitative estimate of drug-likeness (QED) is 0.258. The number of nitrogens with one attached hydrogen (secondary N) is 3. The first-order valence-electron chi connectivity index (χ1n) is 12.0. The van der Waals surface area contributed by atoms with Gasteiger partial charge in [-0.2, -0.15) is 0 Å². The van der Waals surface area contributed by atoms with Crippen LogP contribution in [0.5, 0.6) is 0 Å². The second-order valence-corrected chi connectivity index (χ2v) is 8.61. The molecule has 0 atom stereocenters. The summed E-state index contributed by atoms with van der Waals surface area (Å²) in [6.07, 6.45) is 4.48. The van der Waals surface area contributed by atoms with E-state index in [9.17, 15) is 4.79 Å². The number of carbonyl (C=O) groups is 1. The number of benzene rings is 2. The normalized spacial score (nSPS) is 11.1. The number of nitrogens with zero attached hydrogens (tertiary/aromatic N) is 3. The van der Waals surface area contributed by atoms with Crippen LogP contribution in [-0.2, 0) is 19.4 Å². The lowest BCUT2D eigenvalue weighted by molar-refractivity contribution is 0.0945. The van der Waals surface area contributed by atoms with Crippen LogP contribution >= 0.6 is 0 Å². The minimum Gasteiger partial charge on any atom is -0.448 e. The summed E-state index contributed by atoms with van der Waals surface area (Å²) >= 11 is 0. The van der Waals surface area contributed by atoms with E-state index in [1.165, 1.54) is 11.8 Å². The number of carbonyl (C=O) groups excluding carboxylic acids is 1. The number of H-pyrrole nitrogens is 1. The zero-order valence-corrected chi connectivity index (χ0v) is 20.1. The number of aromatic amines is 1. The molecule has 0 radical (unpaired) electrons. The number of pyridine rings is 1. The summed E-state index contributed by atoms with van der Waals surface area (Å²) in [4.78, 5) is 29.1. The fourth-order valence-corrected chi connectivity index (χ4v) is 4.00. The highest BCUT2D eigenvalue weighted by Crippen LogP contribution is 2.23. The van der Waals surface area contributed by atoms with Gasteiger partial charge >= 0.3 is 0 Å². The van der Waals surface area contributed by atoms with Gasteiger partial charge in [0.05, 0.1) is 23.3 Å². The monoisotopic (exact) mass is 480 g/mol. The van der Waals surface area contributed by atoms with Crippen molar-refractivity contribution in [2.45, 2.75) is 26.3 Å². The van der Waals surface area contributed by atoms with Gasteiger partial charge in [-0.05, 0) is 41.8 Å². The van der Waals surface area contributed by atoms with E-state index >= 15 is 0 Å². The molecule has 0 saturated heterocycles. The minimum atomic E-state index is -0.275. The van der Waals surface area contributed by atoms with E-state index in [0.29, 0.717) is 25.4 Å². The van der Waals surface area contributed by atoms with E-state index in [4.69, 9.17) is 9.40 Å². The van der Waals surface area contributed by atoms with Crippen LogP contribution in [0, 0.1) is 6.92 Å². The Kier molecular flexibility index (Phi) is 7.14. The molecular weight excluding hydrogens is 452 g/mol. The largest absolute Gasteiger partial charge is 0.448 e. The Morgan fingerprint density at radius 2 is 1.83 bits per heavy atom. The van der Waals surface area contributed by atoms with E-state index in [-0.39, 0.29) is 11.6 Å². The summed E-state index contributed by atoms with van der Waals surface area (Å²) in [7, 11) is 0. The predicted molar refractivity (Wildman–Crippen MR) is 138 cm³/mol. The lowest BCUT2D eigenvalue weighted by Gasteiger charge is -2.05. The molecule has 8 nitrogen and oxygen atoms in total. The van der Waals surface area contributed by atoms with Crippen LogP contribution in [0.4, 0.5) is 0 Å². The highest BCUT2D eigenvalue weighted by Gasteiger charge is 2.13. The van der Waals surface area contributed by atoms with Gasteiger partial charge in [0.15, 0.2) is 11.6 Å². The maximum atomic E-state index is 12.4. The van der Waals surface area contributed by atoms with Crippen molar-refractivity contribution in [2.24, 2.45) is 0 Å². The molecule has 0 aliphatic rings. The van der Waals surface area contributed by atoms with Gasteiger partial charge in [0.25, 0.3) is 5.91 Å². The number of hydrogen-bond donors (Lipinski definition) is 3. The molecule has 5 aromatic rings. The van der Waals surface area contributed by atoms with Crippen molar-refractivity contribution < 1.29 is 9.21 Å². The molecule has 182 valence electrons. The zero-order chi connectivity index (χ0) is 24.7. The molecule has 0 unspecified atom stereocenters. The third-order valence-corrected chi connectivity index (χ3v) is 6.01. The smallest absolute Gasteiger partial charge is 0.273 e. The first-order chi connectivity index (χ1) is 17.7. The first kappa shape index (κ1) is 23.4. The molecule has 2 aromatic carbocycles. The Bertz CT molecular complexity index is 1460. The van der Waals surface area contributed by atoms with Crippen molar-refractivity contribution in [3.63, 3.8) is 0 Å².